The van der Waals surface area contributed by atoms with Crippen LogP contribution in [0.15, 0.2) is 24.3 Å². The van der Waals surface area contributed by atoms with Gasteiger partial charge >= 0.3 is 25.5 Å². The van der Waals surface area contributed by atoms with Gasteiger partial charge < -0.3 is 15.3 Å². The molecule has 0 spiro atoms. The Labute approximate surface area is 195 Å². The van der Waals surface area contributed by atoms with Crippen molar-refractivity contribution >= 4 is 13.3 Å². The minimum Gasteiger partial charge on any atom is -0.396 e. The van der Waals surface area contributed by atoms with Crippen LogP contribution in [0.1, 0.15) is 40.0 Å². The van der Waals surface area contributed by atoms with Crippen molar-refractivity contribution in [2.45, 2.75) is 57.4 Å². The van der Waals surface area contributed by atoms with E-state index in [1.54, 1.807) is 0 Å². The van der Waals surface area contributed by atoms with E-state index in [9.17, 15) is 39.5 Å². The third-order valence-electron chi connectivity index (χ3n) is 3.04. The summed E-state index contributed by atoms with van der Waals surface area (Å²) >= 11 is 0. The second-order valence-electron chi connectivity index (χ2n) is 5.59. The second-order valence-corrected chi connectivity index (χ2v) is 9.37. The number of halogens is 9. The maximum Gasteiger partial charge on any atom is 0.399 e. The Morgan fingerprint density at radius 2 is 0.806 bits per heavy atom. The van der Waals surface area contributed by atoms with Crippen LogP contribution < -0.4 is 5.19 Å². The van der Waals surface area contributed by atoms with Gasteiger partial charge in [0.25, 0.3) is 0 Å². The number of aliphatic hydroxyl groups excluding tert-OH is 3. The van der Waals surface area contributed by atoms with Gasteiger partial charge in [-0.3, -0.25) is 0 Å². The Balaban J connectivity index is -0.000000232. The van der Waals surface area contributed by atoms with Gasteiger partial charge in [-0.15, -0.1) is 5.19 Å². The summed E-state index contributed by atoms with van der Waals surface area (Å²) in [6.45, 7) is 6.75. The van der Waals surface area contributed by atoms with E-state index in [1.807, 2.05) is 20.8 Å². The van der Waals surface area contributed by atoms with Gasteiger partial charge in [-0.2, -0.15) is 51.6 Å². The Kier molecular flexibility index (Phi) is 22.2. The van der Waals surface area contributed by atoms with Gasteiger partial charge in [0.05, 0.1) is 0 Å². The quantitative estimate of drug-likeness (QED) is 0.254. The van der Waals surface area contributed by atoms with Crippen LogP contribution in [0, 0.1) is 0 Å². The van der Waals surface area contributed by atoms with Crippen molar-refractivity contribution in [3.63, 3.8) is 0 Å². The molecule has 1 rings (SSSR count). The summed E-state index contributed by atoms with van der Waals surface area (Å²) in [5.41, 5.74) is 0. The van der Waals surface area contributed by atoms with Crippen molar-refractivity contribution < 1.29 is 80.7 Å². The molecule has 0 heterocycles. The van der Waals surface area contributed by atoms with Crippen molar-refractivity contribution in [1.29, 1.82) is 0 Å². The third-order valence-corrected chi connectivity index (χ3v) is 6.79. The van der Waals surface area contributed by atoms with E-state index >= 15 is 0 Å². The van der Waals surface area contributed by atoms with Gasteiger partial charge in [-0.1, -0.05) is 20.8 Å². The number of aliphatic hydroxyl groups is 3. The average molecular weight is 658 g/mol. The zero-order valence-electron chi connectivity index (χ0n) is 17.3. The molecule has 0 saturated carbocycles. The number of hydrogen-bond donors (Lipinski definition) is 3. The second kappa shape index (κ2) is 18.2. The Bertz CT molecular complexity index is 453. The molecule has 1 aromatic rings. The van der Waals surface area contributed by atoms with E-state index in [4.69, 9.17) is 15.3 Å². The van der Waals surface area contributed by atoms with Crippen LogP contribution in [0.25, 0.3) is 0 Å². The monoisotopic (exact) mass is 659 g/mol. The number of hydrogen-bond acceptors (Lipinski definition) is 3. The van der Waals surface area contributed by atoms with Crippen LogP contribution in [0.2, 0.25) is 0 Å². The van der Waals surface area contributed by atoms with Crippen LogP contribution >= 0.6 is 0 Å². The van der Waals surface area contributed by atoms with Gasteiger partial charge in [0.1, 0.15) is 0 Å². The van der Waals surface area contributed by atoms with Crippen LogP contribution in [-0.4, -0.2) is 60.6 Å². The zero-order valence-corrected chi connectivity index (χ0v) is 21.9. The first-order valence-electron chi connectivity index (χ1n) is 8.85. The summed E-state index contributed by atoms with van der Waals surface area (Å²) < 4.78 is 113. The normalized spacial score (nSPS) is 11.6. The Morgan fingerprint density at radius 1 is 0.613 bits per heavy atom. The van der Waals surface area contributed by atoms with Crippen molar-refractivity contribution in [3.8, 4) is 0 Å². The van der Waals surface area contributed by atoms with Crippen LogP contribution in [-0.2, 0) is 25.8 Å². The van der Waals surface area contributed by atoms with Gasteiger partial charge in [-0.05, 0) is 19.3 Å². The van der Waals surface area contributed by atoms with Crippen LogP contribution in [0.4, 0.5) is 39.5 Å². The molecule has 0 aliphatic rings. The van der Waals surface area contributed by atoms with E-state index in [1.165, 1.54) is 0 Å². The standard InChI is InChI=1S/C8H4F9Si.3C3H8O.Hf/c9-6(10,11)18(7(12,13)14,8(15,16)17)5-3-1-2-4-5;3*1-2-3-4;/h1-4H;3*4H,2-3H2,1H3;/q-1;;;;. The average Bonchev–Trinajstić information content (AvgIpc) is 3.13. The Hall–Kier alpha value is -0.313. The fourth-order valence-electron chi connectivity index (χ4n) is 1.60. The molecule has 0 radical (unpaired) electrons. The molecule has 0 aliphatic carbocycles. The number of rotatable bonds is 4. The van der Waals surface area contributed by atoms with E-state index in [0.29, 0.717) is 32.0 Å². The molecule has 0 aliphatic heterocycles. The topological polar surface area (TPSA) is 60.7 Å². The SMILES string of the molecule is CCCO.CCCO.CCCO.FC(F)(F)[Si]([c-]1cccc1)(C(F)(F)F)C(F)(F)F.[Hf]. The minimum atomic E-state index is -7.72. The largest absolute Gasteiger partial charge is 0.399 e. The molecular formula is C17H28F9HfO3Si-. The number of alkyl halides is 9. The fourth-order valence-corrected chi connectivity index (χ4v) is 4.24. The van der Waals surface area contributed by atoms with Crippen LogP contribution in [0.5, 0.6) is 0 Å². The Morgan fingerprint density at radius 3 is 0.935 bits per heavy atom. The van der Waals surface area contributed by atoms with Crippen molar-refractivity contribution in [2.24, 2.45) is 0 Å². The van der Waals surface area contributed by atoms with Crippen molar-refractivity contribution in [2.75, 3.05) is 19.8 Å². The molecule has 3 nitrogen and oxygen atoms in total. The van der Waals surface area contributed by atoms with E-state index in [0.717, 1.165) is 19.3 Å². The maximum absolute atomic E-state index is 12.6. The molecule has 3 N–H and O–H groups in total. The molecule has 186 valence electrons. The molecule has 1 aromatic carbocycles. The molecule has 0 fully saturated rings. The molecule has 0 saturated heterocycles. The molecule has 31 heavy (non-hydrogen) atoms. The predicted molar refractivity (Wildman–Crippen MR) is 97.7 cm³/mol. The molecule has 0 aromatic heterocycles. The molecule has 0 bridgehead atoms. The summed E-state index contributed by atoms with van der Waals surface area (Å²) in [6, 6.07) is 1.84. The molecule has 14 heteroatoms. The molecule has 0 atom stereocenters. The smallest absolute Gasteiger partial charge is 0.396 e. The summed E-state index contributed by atoms with van der Waals surface area (Å²) in [5.74, 6) is -19.2. The molecule has 0 amide bonds. The first-order valence-corrected chi connectivity index (χ1v) is 10.8. The summed E-state index contributed by atoms with van der Waals surface area (Å²) in [4.78, 5) is 0. The van der Waals surface area contributed by atoms with Gasteiger partial charge in [0.2, 0.25) is 0 Å². The third kappa shape index (κ3) is 12.5. The maximum atomic E-state index is 12.6. The minimum absolute atomic E-state index is 0. The van der Waals surface area contributed by atoms with Crippen molar-refractivity contribution in [3.05, 3.63) is 24.3 Å². The first-order chi connectivity index (χ1) is 13.6. The van der Waals surface area contributed by atoms with Crippen molar-refractivity contribution in [1.82, 2.24) is 0 Å². The van der Waals surface area contributed by atoms with Crippen LogP contribution in [0.3, 0.4) is 0 Å². The van der Waals surface area contributed by atoms with E-state index < -0.39 is 30.7 Å². The van der Waals surface area contributed by atoms with Gasteiger partial charge in [-0.25, -0.2) is 12.1 Å². The van der Waals surface area contributed by atoms with E-state index in [-0.39, 0.29) is 38.0 Å². The van der Waals surface area contributed by atoms with Gasteiger partial charge in [0, 0.05) is 45.7 Å². The summed E-state index contributed by atoms with van der Waals surface area (Å²) in [7, 11) is -7.72. The zero-order chi connectivity index (χ0) is 24.6. The fraction of sp³-hybridized carbons (Fsp3) is 0.706. The first kappa shape index (κ1) is 38.0. The van der Waals surface area contributed by atoms with E-state index in [2.05, 4.69) is 0 Å². The summed E-state index contributed by atoms with van der Waals surface area (Å²) in [5, 5.41) is 21.9. The predicted octanol–water partition coefficient (Wildman–Crippen LogP) is 4.53. The van der Waals surface area contributed by atoms with Gasteiger partial charge in [0.15, 0.2) is 0 Å². The molecular weight excluding hydrogens is 630 g/mol. The summed E-state index contributed by atoms with van der Waals surface area (Å²) in [6.07, 6.45) is 2.62. The molecule has 0 unspecified atom stereocenters.